The number of aromatic nitrogens is 1. The fourth-order valence-corrected chi connectivity index (χ4v) is 1.91. The van der Waals surface area contributed by atoms with Crippen LogP contribution in [0.4, 0.5) is 5.69 Å². The topological polar surface area (TPSA) is 79.3 Å². The number of halogens is 1. The summed E-state index contributed by atoms with van der Waals surface area (Å²) in [5.41, 5.74) is 0.311. The van der Waals surface area contributed by atoms with E-state index in [-0.39, 0.29) is 11.3 Å². The zero-order valence-corrected chi connectivity index (χ0v) is 11.2. The highest BCUT2D eigenvalue weighted by atomic mass is 79.9. The first-order valence-corrected chi connectivity index (χ1v) is 6.12. The molecule has 0 saturated heterocycles. The van der Waals surface area contributed by atoms with E-state index in [0.717, 1.165) is 4.47 Å². The van der Waals surface area contributed by atoms with Gasteiger partial charge in [-0.25, -0.2) is 4.79 Å². The van der Waals surface area contributed by atoms with Crippen LogP contribution in [-0.2, 0) is 0 Å². The molecule has 0 aliphatic heterocycles. The summed E-state index contributed by atoms with van der Waals surface area (Å²) >= 11 is 3.28. The first kappa shape index (κ1) is 13.2. The summed E-state index contributed by atoms with van der Waals surface area (Å²) in [6, 6.07) is 9.80. The largest absolute Gasteiger partial charge is 0.478 e. The second-order valence-electron chi connectivity index (χ2n) is 3.67. The molecule has 19 heavy (non-hydrogen) atoms. The molecule has 1 amide bonds. The van der Waals surface area contributed by atoms with E-state index in [1.54, 1.807) is 18.2 Å². The van der Waals surface area contributed by atoms with Crippen LogP contribution in [0.25, 0.3) is 0 Å². The van der Waals surface area contributed by atoms with Gasteiger partial charge in [-0.1, -0.05) is 22.0 Å². The molecule has 0 unspecified atom stereocenters. The fraction of sp³-hybridized carbons (Fsp3) is 0. The summed E-state index contributed by atoms with van der Waals surface area (Å²) in [7, 11) is 0. The lowest BCUT2D eigenvalue weighted by molar-refractivity contribution is 0.0691. The van der Waals surface area contributed by atoms with Crippen molar-refractivity contribution in [2.75, 3.05) is 5.32 Å². The number of benzene rings is 1. The molecule has 0 spiro atoms. The number of carbonyl (C=O) groups excluding carboxylic acids is 1. The monoisotopic (exact) mass is 320 g/mol. The lowest BCUT2D eigenvalue weighted by Crippen LogP contribution is -2.18. The number of nitrogens with one attached hydrogen (secondary N) is 1. The van der Waals surface area contributed by atoms with Crippen LogP contribution in [0, 0.1) is 0 Å². The third-order valence-corrected chi connectivity index (χ3v) is 2.83. The Hall–Kier alpha value is -2.21. The van der Waals surface area contributed by atoms with E-state index in [0.29, 0.717) is 5.69 Å². The van der Waals surface area contributed by atoms with Crippen molar-refractivity contribution in [2.24, 2.45) is 0 Å². The van der Waals surface area contributed by atoms with Gasteiger partial charge in [0.05, 0.1) is 5.56 Å². The van der Waals surface area contributed by atoms with E-state index in [9.17, 15) is 9.59 Å². The van der Waals surface area contributed by atoms with Crippen LogP contribution >= 0.6 is 15.9 Å². The first-order valence-electron chi connectivity index (χ1n) is 5.33. The van der Waals surface area contributed by atoms with Crippen molar-refractivity contribution in [3.8, 4) is 0 Å². The number of nitrogens with zero attached hydrogens (tertiary/aromatic N) is 1. The molecule has 0 aliphatic carbocycles. The van der Waals surface area contributed by atoms with Gasteiger partial charge in [0.2, 0.25) is 0 Å². The lowest BCUT2D eigenvalue weighted by atomic mass is 10.2. The molecule has 2 aromatic rings. The molecule has 0 bridgehead atoms. The number of aromatic carboxylic acids is 1. The van der Waals surface area contributed by atoms with Gasteiger partial charge >= 0.3 is 5.97 Å². The Bertz CT molecular complexity index is 643. The van der Waals surface area contributed by atoms with Crippen molar-refractivity contribution in [2.45, 2.75) is 0 Å². The molecule has 2 N–H and O–H groups in total. The number of rotatable bonds is 3. The maximum absolute atomic E-state index is 12.0. The summed E-state index contributed by atoms with van der Waals surface area (Å²) in [5, 5.41) is 11.6. The van der Waals surface area contributed by atoms with E-state index in [1.807, 2.05) is 6.07 Å². The predicted octanol–water partition coefficient (Wildman–Crippen LogP) is 2.79. The smallest absolute Gasteiger partial charge is 0.338 e. The first-order chi connectivity index (χ1) is 9.08. The van der Waals surface area contributed by atoms with Gasteiger partial charge in [-0.3, -0.25) is 9.78 Å². The summed E-state index contributed by atoms with van der Waals surface area (Å²) in [6.07, 6.45) is 1.38. The standard InChI is InChI=1S/C13H9BrN2O3/c14-8-3-1-4-9(7-8)16-12(17)11-10(13(18)19)5-2-6-15-11/h1-7H,(H,16,17)(H,18,19). The van der Waals surface area contributed by atoms with Gasteiger partial charge in [-0.2, -0.15) is 0 Å². The van der Waals surface area contributed by atoms with Crippen LogP contribution in [-0.4, -0.2) is 22.0 Å². The molecule has 96 valence electrons. The molecule has 6 heteroatoms. The molecular weight excluding hydrogens is 312 g/mol. The Kier molecular flexibility index (Phi) is 3.91. The van der Waals surface area contributed by atoms with E-state index < -0.39 is 11.9 Å². The third kappa shape index (κ3) is 3.17. The van der Waals surface area contributed by atoms with Crippen LogP contribution in [0.15, 0.2) is 47.1 Å². The number of carboxylic acids is 1. The zero-order chi connectivity index (χ0) is 13.8. The molecule has 0 fully saturated rings. The average Bonchev–Trinajstić information content (AvgIpc) is 2.38. The van der Waals surface area contributed by atoms with Gasteiger partial charge in [0.15, 0.2) is 0 Å². The van der Waals surface area contributed by atoms with Gasteiger partial charge in [0.25, 0.3) is 5.91 Å². The number of hydrogen-bond donors (Lipinski definition) is 2. The molecule has 2 rings (SSSR count). The van der Waals surface area contributed by atoms with E-state index >= 15 is 0 Å². The Morgan fingerprint density at radius 3 is 2.68 bits per heavy atom. The van der Waals surface area contributed by atoms with Crippen LogP contribution in [0.2, 0.25) is 0 Å². The molecule has 0 atom stereocenters. The number of hydrogen-bond acceptors (Lipinski definition) is 3. The van der Waals surface area contributed by atoms with Gasteiger partial charge < -0.3 is 10.4 Å². The second kappa shape index (κ2) is 5.62. The maximum Gasteiger partial charge on any atom is 0.338 e. The summed E-state index contributed by atoms with van der Waals surface area (Å²) in [5.74, 6) is -1.75. The van der Waals surface area contributed by atoms with Crippen LogP contribution in [0.5, 0.6) is 0 Å². The van der Waals surface area contributed by atoms with E-state index in [4.69, 9.17) is 5.11 Å². The maximum atomic E-state index is 12.0. The van der Waals surface area contributed by atoms with E-state index in [1.165, 1.54) is 18.3 Å². The quantitative estimate of drug-likeness (QED) is 0.911. The highest BCUT2D eigenvalue weighted by Gasteiger charge is 2.17. The van der Waals surface area contributed by atoms with Crippen LogP contribution in [0.1, 0.15) is 20.8 Å². The van der Waals surface area contributed by atoms with Gasteiger partial charge in [-0.15, -0.1) is 0 Å². The predicted molar refractivity (Wildman–Crippen MR) is 73.3 cm³/mol. The Morgan fingerprint density at radius 2 is 2.00 bits per heavy atom. The minimum absolute atomic E-state index is 0.116. The SMILES string of the molecule is O=C(O)c1cccnc1C(=O)Nc1cccc(Br)c1. The number of carbonyl (C=O) groups is 2. The normalized spacial score (nSPS) is 9.95. The Morgan fingerprint density at radius 1 is 1.21 bits per heavy atom. The number of pyridine rings is 1. The molecule has 0 aliphatic rings. The Balaban J connectivity index is 2.28. The molecular formula is C13H9BrN2O3. The van der Waals surface area contributed by atoms with Crippen molar-refractivity contribution in [1.82, 2.24) is 4.98 Å². The Labute approximate surface area is 117 Å². The molecule has 1 heterocycles. The minimum Gasteiger partial charge on any atom is -0.478 e. The highest BCUT2D eigenvalue weighted by Crippen LogP contribution is 2.17. The van der Waals surface area contributed by atoms with E-state index in [2.05, 4.69) is 26.2 Å². The minimum atomic E-state index is -1.19. The fourth-order valence-electron chi connectivity index (χ4n) is 1.52. The van der Waals surface area contributed by atoms with Gasteiger partial charge in [-0.05, 0) is 30.3 Å². The second-order valence-corrected chi connectivity index (χ2v) is 4.58. The average molecular weight is 321 g/mol. The van der Waals surface area contributed by atoms with Gasteiger partial charge in [0, 0.05) is 16.4 Å². The molecule has 5 nitrogen and oxygen atoms in total. The lowest BCUT2D eigenvalue weighted by Gasteiger charge is -2.07. The summed E-state index contributed by atoms with van der Waals surface area (Å²) in [4.78, 5) is 26.8. The molecule has 0 saturated carbocycles. The van der Waals surface area contributed by atoms with Crippen LogP contribution < -0.4 is 5.32 Å². The summed E-state index contributed by atoms with van der Waals surface area (Å²) < 4.78 is 0.810. The van der Waals surface area contributed by atoms with Crippen molar-refractivity contribution >= 4 is 33.5 Å². The number of anilines is 1. The highest BCUT2D eigenvalue weighted by molar-refractivity contribution is 9.10. The number of amides is 1. The number of carboxylic acid groups (broad SMARTS) is 1. The van der Waals surface area contributed by atoms with Crippen molar-refractivity contribution in [3.05, 3.63) is 58.3 Å². The molecule has 1 aromatic carbocycles. The molecule has 0 radical (unpaired) electrons. The van der Waals surface area contributed by atoms with Crippen molar-refractivity contribution < 1.29 is 14.7 Å². The van der Waals surface area contributed by atoms with Crippen molar-refractivity contribution in [1.29, 1.82) is 0 Å². The van der Waals surface area contributed by atoms with Crippen LogP contribution in [0.3, 0.4) is 0 Å². The van der Waals surface area contributed by atoms with Gasteiger partial charge in [0.1, 0.15) is 5.69 Å². The third-order valence-electron chi connectivity index (χ3n) is 2.34. The zero-order valence-electron chi connectivity index (χ0n) is 9.63. The van der Waals surface area contributed by atoms with Crippen molar-refractivity contribution in [3.63, 3.8) is 0 Å². The molecule has 1 aromatic heterocycles. The summed E-state index contributed by atoms with van der Waals surface area (Å²) in [6.45, 7) is 0.